The maximum absolute atomic E-state index is 12.2. The van der Waals surface area contributed by atoms with E-state index in [4.69, 9.17) is 0 Å². The predicted octanol–water partition coefficient (Wildman–Crippen LogP) is 3.27. The van der Waals surface area contributed by atoms with E-state index in [1.807, 2.05) is 24.3 Å². The third-order valence-electron chi connectivity index (χ3n) is 5.18. The molecule has 2 aromatic heterocycles. The highest BCUT2D eigenvalue weighted by Crippen LogP contribution is 2.26. The molecule has 0 radical (unpaired) electrons. The van der Waals surface area contributed by atoms with E-state index in [1.165, 1.54) is 30.9 Å². The van der Waals surface area contributed by atoms with Gasteiger partial charge in [-0.2, -0.15) is 0 Å². The van der Waals surface area contributed by atoms with Crippen molar-refractivity contribution in [2.45, 2.75) is 25.3 Å². The number of aromatic nitrogens is 2. The summed E-state index contributed by atoms with van der Waals surface area (Å²) in [6.45, 7) is 3.07. The fourth-order valence-corrected chi connectivity index (χ4v) is 3.77. The van der Waals surface area contributed by atoms with Gasteiger partial charge in [0, 0.05) is 24.2 Å². The molecule has 3 aromatic rings. The van der Waals surface area contributed by atoms with E-state index in [9.17, 15) is 10.0 Å². The second kappa shape index (κ2) is 7.80. The highest BCUT2D eigenvalue weighted by molar-refractivity contribution is 5.88. The minimum atomic E-state index is -0.492. The van der Waals surface area contributed by atoms with Gasteiger partial charge in [-0.15, -0.1) is 4.73 Å². The molecule has 0 bridgehead atoms. The van der Waals surface area contributed by atoms with Crippen molar-refractivity contribution < 1.29 is 5.21 Å². The van der Waals surface area contributed by atoms with Crippen LogP contribution in [0.15, 0.2) is 59.5 Å². The van der Waals surface area contributed by atoms with Crippen molar-refractivity contribution in [3.63, 3.8) is 0 Å². The fraction of sp³-hybridized carbons (Fsp3) is 0.333. The third-order valence-corrected chi connectivity index (χ3v) is 5.18. The molecule has 0 unspecified atom stereocenters. The Morgan fingerprint density at radius 2 is 1.85 bits per heavy atom. The van der Waals surface area contributed by atoms with Gasteiger partial charge in [-0.05, 0) is 43.6 Å². The van der Waals surface area contributed by atoms with E-state index >= 15 is 0 Å². The van der Waals surface area contributed by atoms with Gasteiger partial charge in [0.15, 0.2) is 5.65 Å². The molecule has 1 atom stereocenters. The van der Waals surface area contributed by atoms with Crippen molar-refractivity contribution in [2.24, 2.45) is 0 Å². The van der Waals surface area contributed by atoms with Gasteiger partial charge in [-0.1, -0.05) is 36.8 Å². The van der Waals surface area contributed by atoms with Gasteiger partial charge in [-0.3, -0.25) is 4.79 Å². The summed E-state index contributed by atoms with van der Waals surface area (Å²) in [6, 6.07) is 15.4. The van der Waals surface area contributed by atoms with Crippen LogP contribution >= 0.6 is 0 Å². The second-order valence-corrected chi connectivity index (χ2v) is 7.05. The topological polar surface area (TPSA) is 70.4 Å². The molecule has 4 rings (SSSR count). The lowest BCUT2D eigenvalue weighted by molar-refractivity contribution is 0.186. The van der Waals surface area contributed by atoms with Crippen LogP contribution in [0.1, 0.15) is 30.9 Å². The molecule has 0 spiro atoms. The van der Waals surface area contributed by atoms with Gasteiger partial charge >= 0.3 is 0 Å². The molecule has 0 saturated carbocycles. The minimum absolute atomic E-state index is 0.0432. The molecule has 1 aliphatic rings. The number of fused-ring (bicyclic) bond motifs is 1. The fourth-order valence-electron chi connectivity index (χ4n) is 3.77. The molecule has 27 heavy (non-hydrogen) atoms. The number of likely N-dealkylation sites (tertiary alicyclic amines) is 1. The van der Waals surface area contributed by atoms with E-state index < -0.39 is 5.56 Å². The van der Waals surface area contributed by atoms with Gasteiger partial charge in [0.05, 0.1) is 11.7 Å². The summed E-state index contributed by atoms with van der Waals surface area (Å²) >= 11 is 0. The van der Waals surface area contributed by atoms with Crippen LogP contribution in [0.3, 0.4) is 0 Å². The standard InChI is InChI=1S/C21H24N4O2/c26-20-14-18(17-10-7-11-22-21(17)25(20)27)23-19(16-8-3-1-4-9-16)15-24-12-5-2-6-13-24/h1,3-4,7-11,14,19,23,27H,2,5-6,12-13,15H2/t19-/m1/s1. The van der Waals surface area contributed by atoms with Crippen molar-refractivity contribution in [1.29, 1.82) is 0 Å². The monoisotopic (exact) mass is 364 g/mol. The van der Waals surface area contributed by atoms with E-state index in [0.29, 0.717) is 10.4 Å². The number of nitrogens with zero attached hydrogens (tertiary/aromatic N) is 3. The number of rotatable bonds is 5. The molecule has 0 aliphatic carbocycles. The van der Waals surface area contributed by atoms with Crippen molar-refractivity contribution in [2.75, 3.05) is 25.0 Å². The smallest absolute Gasteiger partial charge is 0.286 e. The van der Waals surface area contributed by atoms with Gasteiger partial charge in [0.1, 0.15) is 0 Å². The van der Waals surface area contributed by atoms with Crippen molar-refractivity contribution in [1.82, 2.24) is 14.6 Å². The van der Waals surface area contributed by atoms with E-state index in [-0.39, 0.29) is 11.7 Å². The normalized spacial score (nSPS) is 16.3. The Morgan fingerprint density at radius 1 is 1.07 bits per heavy atom. The summed E-state index contributed by atoms with van der Waals surface area (Å²) in [7, 11) is 0. The Labute approximate surface area is 158 Å². The Kier molecular flexibility index (Phi) is 5.07. The zero-order chi connectivity index (χ0) is 18.6. The molecule has 1 aromatic carbocycles. The number of anilines is 1. The van der Waals surface area contributed by atoms with Gasteiger partial charge < -0.3 is 15.4 Å². The number of hydrogen-bond acceptors (Lipinski definition) is 5. The lowest BCUT2D eigenvalue weighted by Crippen LogP contribution is -2.36. The van der Waals surface area contributed by atoms with Crippen LogP contribution in [-0.4, -0.2) is 39.5 Å². The van der Waals surface area contributed by atoms with Crippen molar-refractivity contribution >= 4 is 16.7 Å². The molecular weight excluding hydrogens is 340 g/mol. The maximum Gasteiger partial charge on any atom is 0.286 e. The molecule has 2 N–H and O–H groups in total. The Balaban J connectivity index is 1.70. The largest absolute Gasteiger partial charge is 0.423 e. The molecule has 140 valence electrons. The minimum Gasteiger partial charge on any atom is -0.423 e. The van der Waals surface area contributed by atoms with Crippen molar-refractivity contribution in [3.05, 3.63) is 70.6 Å². The number of pyridine rings is 2. The first-order valence-corrected chi connectivity index (χ1v) is 9.46. The maximum atomic E-state index is 12.2. The molecule has 1 aliphatic heterocycles. The summed E-state index contributed by atoms with van der Waals surface area (Å²) in [6.07, 6.45) is 5.33. The lowest BCUT2D eigenvalue weighted by atomic mass is 10.0. The van der Waals surface area contributed by atoms with E-state index in [1.54, 1.807) is 12.3 Å². The summed E-state index contributed by atoms with van der Waals surface area (Å²) in [5.41, 5.74) is 1.64. The molecular formula is C21H24N4O2. The number of benzene rings is 1. The number of nitrogens with one attached hydrogen (secondary N) is 1. The van der Waals surface area contributed by atoms with Crippen LogP contribution < -0.4 is 10.9 Å². The zero-order valence-corrected chi connectivity index (χ0v) is 15.2. The summed E-state index contributed by atoms with van der Waals surface area (Å²) in [5.74, 6) is 0. The van der Waals surface area contributed by atoms with Crippen LogP contribution in [0.25, 0.3) is 11.0 Å². The first kappa shape index (κ1) is 17.5. The average Bonchev–Trinajstić information content (AvgIpc) is 2.73. The molecule has 3 heterocycles. The number of hydrogen-bond donors (Lipinski definition) is 2. The quantitative estimate of drug-likeness (QED) is 0.680. The highest BCUT2D eigenvalue weighted by atomic mass is 16.5. The van der Waals surface area contributed by atoms with Crippen LogP contribution in [-0.2, 0) is 0 Å². The van der Waals surface area contributed by atoms with E-state index in [0.717, 1.165) is 25.0 Å². The molecule has 6 heteroatoms. The van der Waals surface area contributed by atoms with Gasteiger partial charge in [-0.25, -0.2) is 4.98 Å². The Morgan fingerprint density at radius 3 is 2.63 bits per heavy atom. The van der Waals surface area contributed by atoms with Gasteiger partial charge in [0.25, 0.3) is 5.56 Å². The second-order valence-electron chi connectivity index (χ2n) is 7.05. The van der Waals surface area contributed by atoms with Gasteiger partial charge in [0.2, 0.25) is 0 Å². The Bertz CT molecular complexity index is 965. The van der Waals surface area contributed by atoms with Crippen LogP contribution in [0, 0.1) is 0 Å². The summed E-state index contributed by atoms with van der Waals surface area (Å²) in [5, 5.41) is 14.3. The lowest BCUT2D eigenvalue weighted by Gasteiger charge is -2.31. The predicted molar refractivity (Wildman–Crippen MR) is 106 cm³/mol. The van der Waals surface area contributed by atoms with Crippen LogP contribution in [0.4, 0.5) is 5.69 Å². The summed E-state index contributed by atoms with van der Waals surface area (Å²) in [4.78, 5) is 18.8. The van der Waals surface area contributed by atoms with E-state index in [2.05, 4.69) is 27.3 Å². The summed E-state index contributed by atoms with van der Waals surface area (Å²) < 4.78 is 0.600. The Hall–Kier alpha value is -2.86. The molecule has 6 nitrogen and oxygen atoms in total. The SMILES string of the molecule is O=c1cc(N[C@H](CN2CCCCC2)c2ccccc2)c2cccnc2n1O. The first-order chi connectivity index (χ1) is 13.2. The zero-order valence-electron chi connectivity index (χ0n) is 15.2. The van der Waals surface area contributed by atoms with Crippen LogP contribution in [0.5, 0.6) is 0 Å². The van der Waals surface area contributed by atoms with Crippen LogP contribution in [0.2, 0.25) is 0 Å². The average molecular weight is 364 g/mol. The third kappa shape index (κ3) is 3.80. The highest BCUT2D eigenvalue weighted by Gasteiger charge is 2.20. The van der Waals surface area contributed by atoms with Crippen molar-refractivity contribution in [3.8, 4) is 0 Å². The molecule has 1 saturated heterocycles. The first-order valence-electron chi connectivity index (χ1n) is 9.46. The molecule has 0 amide bonds. The number of piperidine rings is 1. The molecule has 1 fully saturated rings.